The van der Waals surface area contributed by atoms with Gasteiger partial charge in [-0.3, -0.25) is 0 Å². The average molecular weight is 314 g/mol. The van der Waals surface area contributed by atoms with Crippen molar-refractivity contribution in [2.45, 2.75) is 19.6 Å². The molecule has 1 atom stereocenters. The topological polar surface area (TPSA) is 35.2 Å². The Morgan fingerprint density at radius 2 is 1.95 bits per heavy atom. The van der Waals surface area contributed by atoms with E-state index in [4.69, 9.17) is 33.7 Å². The normalized spacial score (nSPS) is 12.2. The van der Waals surface area contributed by atoms with E-state index in [1.807, 2.05) is 6.92 Å². The highest BCUT2D eigenvalue weighted by Gasteiger charge is 2.10. The standard InChI is InChI=1S/C15H14Cl2FNO/c1-9(19)12-7-11(16)3-5-15(12)20-8-10-2-4-14(18)13(17)6-10/h2-7,9H,8,19H2,1H3/t9-/m0/s1. The number of hydrogen-bond acceptors (Lipinski definition) is 2. The molecule has 0 aliphatic rings. The lowest BCUT2D eigenvalue weighted by atomic mass is 10.1. The molecule has 106 valence electrons. The van der Waals surface area contributed by atoms with Gasteiger partial charge in [0.05, 0.1) is 5.02 Å². The smallest absolute Gasteiger partial charge is 0.141 e. The van der Waals surface area contributed by atoms with Crippen LogP contribution in [0.25, 0.3) is 0 Å². The zero-order chi connectivity index (χ0) is 14.7. The maximum absolute atomic E-state index is 13.1. The van der Waals surface area contributed by atoms with Gasteiger partial charge in [-0.25, -0.2) is 4.39 Å². The third-order valence-electron chi connectivity index (χ3n) is 2.84. The summed E-state index contributed by atoms with van der Waals surface area (Å²) < 4.78 is 18.8. The molecule has 2 nitrogen and oxygen atoms in total. The van der Waals surface area contributed by atoms with E-state index in [0.29, 0.717) is 10.8 Å². The lowest BCUT2D eigenvalue weighted by Crippen LogP contribution is -2.08. The molecule has 2 N–H and O–H groups in total. The second kappa shape index (κ2) is 6.44. The summed E-state index contributed by atoms with van der Waals surface area (Å²) in [4.78, 5) is 0. The second-order valence-electron chi connectivity index (χ2n) is 4.51. The predicted molar refractivity (Wildman–Crippen MR) is 79.8 cm³/mol. The minimum Gasteiger partial charge on any atom is -0.489 e. The van der Waals surface area contributed by atoms with E-state index in [-0.39, 0.29) is 17.7 Å². The summed E-state index contributed by atoms with van der Waals surface area (Å²) in [6, 6.07) is 9.57. The van der Waals surface area contributed by atoms with E-state index < -0.39 is 5.82 Å². The first kappa shape index (κ1) is 15.1. The van der Waals surface area contributed by atoms with Crippen molar-refractivity contribution < 1.29 is 9.13 Å². The van der Waals surface area contributed by atoms with E-state index in [9.17, 15) is 4.39 Å². The number of rotatable bonds is 4. The molecule has 0 bridgehead atoms. The van der Waals surface area contributed by atoms with E-state index in [1.165, 1.54) is 6.07 Å². The van der Waals surface area contributed by atoms with Crippen molar-refractivity contribution in [3.63, 3.8) is 0 Å². The van der Waals surface area contributed by atoms with E-state index in [0.717, 1.165) is 11.1 Å². The SMILES string of the molecule is C[C@H](N)c1cc(Cl)ccc1OCc1ccc(F)c(Cl)c1. The average Bonchev–Trinajstić information content (AvgIpc) is 2.41. The van der Waals surface area contributed by atoms with Gasteiger partial charge in [0.2, 0.25) is 0 Å². The third-order valence-corrected chi connectivity index (χ3v) is 3.37. The molecule has 5 heteroatoms. The summed E-state index contributed by atoms with van der Waals surface area (Å²) in [5, 5.41) is 0.684. The number of ether oxygens (including phenoxy) is 1. The molecule has 0 radical (unpaired) electrons. The Balaban J connectivity index is 2.16. The molecule has 0 aliphatic heterocycles. The van der Waals surface area contributed by atoms with Crippen LogP contribution in [-0.4, -0.2) is 0 Å². The minimum atomic E-state index is -0.446. The maximum atomic E-state index is 13.1. The van der Waals surface area contributed by atoms with Crippen LogP contribution < -0.4 is 10.5 Å². The fraction of sp³-hybridized carbons (Fsp3) is 0.200. The van der Waals surface area contributed by atoms with Crippen molar-refractivity contribution in [3.05, 3.63) is 63.4 Å². The van der Waals surface area contributed by atoms with Gasteiger partial charge >= 0.3 is 0 Å². The molecule has 0 unspecified atom stereocenters. The van der Waals surface area contributed by atoms with Gasteiger partial charge in [0, 0.05) is 16.6 Å². The van der Waals surface area contributed by atoms with Gasteiger partial charge in [0.25, 0.3) is 0 Å². The van der Waals surface area contributed by atoms with Crippen LogP contribution in [0.1, 0.15) is 24.1 Å². The lowest BCUT2D eigenvalue weighted by Gasteiger charge is -2.14. The van der Waals surface area contributed by atoms with Crippen LogP contribution >= 0.6 is 23.2 Å². The van der Waals surface area contributed by atoms with Gasteiger partial charge in [-0.1, -0.05) is 29.3 Å². The van der Waals surface area contributed by atoms with Crippen LogP contribution in [-0.2, 0) is 6.61 Å². The number of nitrogens with two attached hydrogens (primary N) is 1. The first-order chi connectivity index (χ1) is 9.47. The van der Waals surface area contributed by atoms with Crippen LogP contribution in [0.5, 0.6) is 5.75 Å². The molecular weight excluding hydrogens is 300 g/mol. The fourth-order valence-electron chi connectivity index (χ4n) is 1.80. The van der Waals surface area contributed by atoms with Crippen LogP contribution in [0, 0.1) is 5.82 Å². The van der Waals surface area contributed by atoms with Crippen LogP contribution in [0.3, 0.4) is 0 Å². The molecule has 0 fully saturated rings. The minimum absolute atomic E-state index is 0.0784. The van der Waals surface area contributed by atoms with Gasteiger partial charge < -0.3 is 10.5 Å². The van der Waals surface area contributed by atoms with Crippen molar-refractivity contribution >= 4 is 23.2 Å². The summed E-state index contributed by atoms with van der Waals surface area (Å²) in [6.07, 6.45) is 0. The summed E-state index contributed by atoms with van der Waals surface area (Å²) >= 11 is 11.7. The van der Waals surface area contributed by atoms with Crippen LogP contribution in [0.4, 0.5) is 4.39 Å². The number of halogens is 3. The van der Waals surface area contributed by atoms with E-state index in [1.54, 1.807) is 30.3 Å². The highest BCUT2D eigenvalue weighted by molar-refractivity contribution is 6.31. The molecule has 20 heavy (non-hydrogen) atoms. The number of benzene rings is 2. The molecule has 0 amide bonds. The Labute approximate surface area is 127 Å². The lowest BCUT2D eigenvalue weighted by molar-refractivity contribution is 0.301. The van der Waals surface area contributed by atoms with Crippen LogP contribution in [0.15, 0.2) is 36.4 Å². The molecule has 0 spiro atoms. The summed E-state index contributed by atoms with van der Waals surface area (Å²) in [5.41, 5.74) is 7.49. The van der Waals surface area contributed by atoms with E-state index >= 15 is 0 Å². The Bertz CT molecular complexity index is 617. The summed E-state index contributed by atoms with van der Waals surface area (Å²) in [6.45, 7) is 2.13. The van der Waals surface area contributed by atoms with Crippen LogP contribution in [0.2, 0.25) is 10.0 Å². The zero-order valence-electron chi connectivity index (χ0n) is 10.9. The largest absolute Gasteiger partial charge is 0.489 e. The highest BCUT2D eigenvalue weighted by Crippen LogP contribution is 2.28. The quantitative estimate of drug-likeness (QED) is 0.885. The second-order valence-corrected chi connectivity index (χ2v) is 5.35. The number of hydrogen-bond donors (Lipinski definition) is 1. The van der Waals surface area contributed by atoms with Gasteiger partial charge in [0.15, 0.2) is 0 Å². The zero-order valence-corrected chi connectivity index (χ0v) is 12.4. The summed E-state index contributed by atoms with van der Waals surface area (Å²) in [7, 11) is 0. The molecule has 0 heterocycles. The van der Waals surface area contributed by atoms with Gasteiger partial charge in [-0.15, -0.1) is 0 Å². The molecule has 2 aromatic rings. The molecule has 0 aliphatic carbocycles. The molecule has 0 aromatic heterocycles. The fourth-order valence-corrected chi connectivity index (χ4v) is 2.18. The van der Waals surface area contributed by atoms with E-state index in [2.05, 4.69) is 0 Å². The first-order valence-electron chi connectivity index (χ1n) is 6.09. The van der Waals surface area contributed by atoms with Crippen molar-refractivity contribution in [1.29, 1.82) is 0 Å². The van der Waals surface area contributed by atoms with Crippen molar-refractivity contribution in [1.82, 2.24) is 0 Å². The Morgan fingerprint density at radius 1 is 1.20 bits per heavy atom. The first-order valence-corrected chi connectivity index (χ1v) is 6.84. The van der Waals surface area contributed by atoms with Crippen molar-refractivity contribution in [2.75, 3.05) is 0 Å². The van der Waals surface area contributed by atoms with Crippen molar-refractivity contribution in [3.8, 4) is 5.75 Å². The monoisotopic (exact) mass is 313 g/mol. The maximum Gasteiger partial charge on any atom is 0.141 e. The Hall–Kier alpha value is -1.29. The van der Waals surface area contributed by atoms with Gasteiger partial charge in [-0.05, 0) is 42.8 Å². The molecular formula is C15H14Cl2FNO. The van der Waals surface area contributed by atoms with Gasteiger partial charge in [-0.2, -0.15) is 0 Å². The molecule has 2 aromatic carbocycles. The Morgan fingerprint density at radius 3 is 2.60 bits per heavy atom. The van der Waals surface area contributed by atoms with Crippen molar-refractivity contribution in [2.24, 2.45) is 5.73 Å². The predicted octanol–water partition coefficient (Wildman–Crippen LogP) is 4.73. The molecule has 2 rings (SSSR count). The molecule has 0 saturated heterocycles. The highest BCUT2D eigenvalue weighted by atomic mass is 35.5. The third kappa shape index (κ3) is 3.63. The van der Waals surface area contributed by atoms with Gasteiger partial charge in [0.1, 0.15) is 18.2 Å². The molecule has 0 saturated carbocycles. The Kier molecular flexibility index (Phi) is 4.86. The summed E-state index contributed by atoms with van der Waals surface area (Å²) in [5.74, 6) is 0.211.